The highest BCUT2D eigenvalue weighted by molar-refractivity contribution is 5.89. The van der Waals surface area contributed by atoms with Crippen molar-refractivity contribution in [1.82, 2.24) is 9.80 Å². The molecule has 3 rings (SSSR count). The lowest BCUT2D eigenvalue weighted by Gasteiger charge is -2.59. The van der Waals surface area contributed by atoms with Crippen LogP contribution in [-0.4, -0.2) is 66.7 Å². The van der Waals surface area contributed by atoms with E-state index in [1.807, 2.05) is 11.8 Å². The topological polar surface area (TPSA) is 58.8 Å². The van der Waals surface area contributed by atoms with E-state index >= 15 is 0 Å². The summed E-state index contributed by atoms with van der Waals surface area (Å²) in [6, 6.07) is 0. The fraction of sp³-hybridized carbons (Fsp3) is 0.941. The minimum absolute atomic E-state index is 0.0996. The SMILES string of the molecule is CCOC1CC(N)(C(=O)N2CCN(CC3CC3)CC2)C1(C)C. The van der Waals surface area contributed by atoms with Crippen LogP contribution < -0.4 is 5.73 Å². The first kappa shape index (κ1) is 16.2. The summed E-state index contributed by atoms with van der Waals surface area (Å²) in [6.07, 6.45) is 3.52. The zero-order valence-electron chi connectivity index (χ0n) is 14.3. The molecule has 2 N–H and O–H groups in total. The van der Waals surface area contributed by atoms with Crippen LogP contribution in [0.4, 0.5) is 0 Å². The zero-order chi connectivity index (χ0) is 16.0. The fourth-order valence-corrected chi connectivity index (χ4v) is 3.88. The smallest absolute Gasteiger partial charge is 0.243 e. The van der Waals surface area contributed by atoms with Gasteiger partial charge in [-0.2, -0.15) is 0 Å². The Balaban J connectivity index is 1.55. The minimum Gasteiger partial charge on any atom is -0.378 e. The lowest BCUT2D eigenvalue weighted by molar-refractivity contribution is -0.180. The molecule has 1 aliphatic heterocycles. The van der Waals surface area contributed by atoms with Crippen molar-refractivity contribution >= 4 is 5.91 Å². The van der Waals surface area contributed by atoms with Gasteiger partial charge in [-0.3, -0.25) is 9.69 Å². The molecule has 1 amide bonds. The Morgan fingerprint density at radius 2 is 1.86 bits per heavy atom. The summed E-state index contributed by atoms with van der Waals surface area (Å²) in [5.74, 6) is 1.04. The van der Waals surface area contributed by atoms with Crippen molar-refractivity contribution in [2.24, 2.45) is 17.1 Å². The van der Waals surface area contributed by atoms with Crippen LogP contribution in [0.3, 0.4) is 0 Å². The summed E-state index contributed by atoms with van der Waals surface area (Å²) in [7, 11) is 0. The van der Waals surface area contributed by atoms with Gasteiger partial charge in [0.15, 0.2) is 0 Å². The van der Waals surface area contributed by atoms with E-state index < -0.39 is 5.54 Å². The van der Waals surface area contributed by atoms with Crippen molar-refractivity contribution in [3.63, 3.8) is 0 Å². The first-order valence-electron chi connectivity index (χ1n) is 8.80. The van der Waals surface area contributed by atoms with Crippen LogP contribution in [0, 0.1) is 11.3 Å². The number of amides is 1. The standard InChI is InChI=1S/C17H31N3O2/c1-4-22-14-11-17(18,16(14,2)3)15(21)20-9-7-19(8-10-20)12-13-5-6-13/h13-14H,4-12,18H2,1-3H3. The molecule has 1 saturated heterocycles. The molecule has 2 unspecified atom stereocenters. The predicted octanol–water partition coefficient (Wildman–Crippen LogP) is 1.07. The van der Waals surface area contributed by atoms with Gasteiger partial charge in [0.2, 0.25) is 5.91 Å². The van der Waals surface area contributed by atoms with Crippen LogP contribution in [-0.2, 0) is 9.53 Å². The molecule has 5 nitrogen and oxygen atoms in total. The van der Waals surface area contributed by atoms with E-state index in [4.69, 9.17) is 10.5 Å². The van der Waals surface area contributed by atoms with Crippen molar-refractivity contribution in [3.8, 4) is 0 Å². The molecule has 2 aliphatic carbocycles. The molecular weight excluding hydrogens is 278 g/mol. The summed E-state index contributed by atoms with van der Waals surface area (Å²) >= 11 is 0. The van der Waals surface area contributed by atoms with E-state index in [0.29, 0.717) is 13.0 Å². The zero-order valence-corrected chi connectivity index (χ0v) is 14.3. The Kier molecular flexibility index (Phi) is 4.25. The fourth-order valence-electron chi connectivity index (χ4n) is 3.88. The van der Waals surface area contributed by atoms with Gasteiger partial charge in [-0.05, 0) is 25.7 Å². The number of carbonyl (C=O) groups excluding carboxylic acids is 1. The van der Waals surface area contributed by atoms with Crippen LogP contribution in [0.2, 0.25) is 0 Å². The number of nitrogens with zero attached hydrogens (tertiary/aromatic N) is 2. The van der Waals surface area contributed by atoms with Crippen LogP contribution in [0.15, 0.2) is 0 Å². The number of hydrogen-bond acceptors (Lipinski definition) is 4. The first-order valence-corrected chi connectivity index (χ1v) is 8.80. The summed E-state index contributed by atoms with van der Waals surface area (Å²) in [6.45, 7) is 11.6. The molecule has 5 heteroatoms. The Bertz CT molecular complexity index is 428. The van der Waals surface area contributed by atoms with E-state index in [1.165, 1.54) is 19.4 Å². The van der Waals surface area contributed by atoms with Gasteiger partial charge in [-0.1, -0.05) is 13.8 Å². The van der Waals surface area contributed by atoms with Gasteiger partial charge >= 0.3 is 0 Å². The summed E-state index contributed by atoms with van der Waals surface area (Å²) in [5.41, 5.74) is 5.47. The summed E-state index contributed by atoms with van der Waals surface area (Å²) in [4.78, 5) is 17.4. The molecule has 0 aromatic carbocycles. The second-order valence-electron chi connectivity index (χ2n) is 7.88. The molecule has 0 bridgehead atoms. The first-order chi connectivity index (χ1) is 10.4. The highest BCUT2D eigenvalue weighted by atomic mass is 16.5. The number of nitrogens with two attached hydrogens (primary N) is 1. The normalized spacial score (nSPS) is 35.3. The van der Waals surface area contributed by atoms with Crippen LogP contribution in [0.1, 0.15) is 40.0 Å². The molecule has 0 spiro atoms. The van der Waals surface area contributed by atoms with Gasteiger partial charge in [0, 0.05) is 51.2 Å². The molecule has 0 aromatic rings. The van der Waals surface area contributed by atoms with Gasteiger partial charge in [0.25, 0.3) is 0 Å². The highest BCUT2D eigenvalue weighted by Crippen LogP contribution is 2.50. The maximum absolute atomic E-state index is 12.9. The Labute approximate surface area is 134 Å². The summed E-state index contributed by atoms with van der Waals surface area (Å²) < 4.78 is 5.73. The molecule has 0 radical (unpaired) electrons. The van der Waals surface area contributed by atoms with Gasteiger partial charge in [0.05, 0.1) is 6.10 Å². The molecule has 2 atom stereocenters. The van der Waals surface area contributed by atoms with Crippen molar-refractivity contribution in [1.29, 1.82) is 0 Å². The highest BCUT2D eigenvalue weighted by Gasteiger charge is 2.63. The molecule has 3 fully saturated rings. The maximum Gasteiger partial charge on any atom is 0.243 e. The van der Waals surface area contributed by atoms with E-state index in [9.17, 15) is 4.79 Å². The van der Waals surface area contributed by atoms with E-state index in [1.54, 1.807) is 0 Å². The van der Waals surface area contributed by atoms with Crippen LogP contribution in [0.5, 0.6) is 0 Å². The minimum atomic E-state index is -0.758. The third-order valence-electron chi connectivity index (χ3n) is 6.08. The molecule has 1 heterocycles. The lowest BCUT2D eigenvalue weighted by Crippen LogP contribution is -2.76. The Morgan fingerprint density at radius 1 is 1.23 bits per heavy atom. The van der Waals surface area contributed by atoms with Crippen molar-refractivity contribution in [2.45, 2.75) is 51.7 Å². The van der Waals surface area contributed by atoms with Gasteiger partial charge in [-0.15, -0.1) is 0 Å². The molecule has 0 aromatic heterocycles. The monoisotopic (exact) mass is 309 g/mol. The number of ether oxygens (including phenoxy) is 1. The van der Waals surface area contributed by atoms with Gasteiger partial charge < -0.3 is 15.4 Å². The van der Waals surface area contributed by atoms with E-state index in [0.717, 1.165) is 32.1 Å². The third kappa shape index (κ3) is 2.68. The van der Waals surface area contributed by atoms with Crippen LogP contribution >= 0.6 is 0 Å². The van der Waals surface area contributed by atoms with E-state index in [2.05, 4.69) is 18.7 Å². The van der Waals surface area contributed by atoms with Gasteiger partial charge in [0.1, 0.15) is 5.54 Å². The molecule has 126 valence electrons. The lowest BCUT2D eigenvalue weighted by atomic mass is 9.54. The second-order valence-corrected chi connectivity index (χ2v) is 7.88. The second kappa shape index (κ2) is 5.77. The number of piperazine rings is 1. The summed E-state index contributed by atoms with van der Waals surface area (Å²) in [5, 5.41) is 0. The Morgan fingerprint density at radius 3 is 2.36 bits per heavy atom. The predicted molar refractivity (Wildman–Crippen MR) is 86.5 cm³/mol. The third-order valence-corrected chi connectivity index (χ3v) is 6.08. The number of carbonyl (C=O) groups is 1. The van der Waals surface area contributed by atoms with Crippen molar-refractivity contribution in [3.05, 3.63) is 0 Å². The number of rotatable bonds is 5. The molecule has 22 heavy (non-hydrogen) atoms. The van der Waals surface area contributed by atoms with Crippen molar-refractivity contribution in [2.75, 3.05) is 39.3 Å². The quantitative estimate of drug-likeness (QED) is 0.825. The van der Waals surface area contributed by atoms with E-state index in [-0.39, 0.29) is 17.4 Å². The average molecular weight is 309 g/mol. The maximum atomic E-state index is 12.9. The molecule has 2 saturated carbocycles. The van der Waals surface area contributed by atoms with Crippen molar-refractivity contribution < 1.29 is 9.53 Å². The average Bonchev–Trinajstić information content (AvgIpc) is 3.31. The largest absolute Gasteiger partial charge is 0.378 e. The Hall–Kier alpha value is -0.650. The molecule has 3 aliphatic rings. The number of hydrogen-bond donors (Lipinski definition) is 1. The van der Waals surface area contributed by atoms with Gasteiger partial charge in [-0.25, -0.2) is 0 Å². The molecular formula is C17H31N3O2. The van der Waals surface area contributed by atoms with Crippen LogP contribution in [0.25, 0.3) is 0 Å².